The first-order chi connectivity index (χ1) is 7.15. The maximum Gasteiger partial charge on any atom is 0.419 e. The zero-order valence-corrected chi connectivity index (χ0v) is 7.69. The van der Waals surface area contributed by atoms with E-state index in [1.54, 1.807) is 24.3 Å². The van der Waals surface area contributed by atoms with Crippen LogP contribution in [-0.4, -0.2) is 12.0 Å². The molecule has 2 rings (SSSR count). The molecule has 1 heterocycles. The summed E-state index contributed by atoms with van der Waals surface area (Å²) in [4.78, 5) is 21.8. The maximum atomic E-state index is 11.1. The van der Waals surface area contributed by atoms with Crippen molar-refractivity contribution in [3.8, 4) is 0 Å². The summed E-state index contributed by atoms with van der Waals surface area (Å²) in [7, 11) is 0. The van der Waals surface area contributed by atoms with Crippen LogP contribution in [0.4, 0.5) is 10.5 Å². The summed E-state index contributed by atoms with van der Waals surface area (Å²) in [6.07, 6.45) is 0.700. The van der Waals surface area contributed by atoms with Gasteiger partial charge in [-0.15, -0.1) is 0 Å². The van der Waals surface area contributed by atoms with Crippen LogP contribution >= 0.6 is 0 Å². The van der Waals surface area contributed by atoms with Crippen molar-refractivity contribution in [2.24, 2.45) is 0 Å². The average molecular weight is 204 g/mol. The van der Waals surface area contributed by atoms with E-state index >= 15 is 0 Å². The number of nitrogen functional groups attached to an aromatic ring is 1. The third-order valence-corrected chi connectivity index (χ3v) is 1.85. The summed E-state index contributed by atoms with van der Waals surface area (Å²) < 4.78 is 4.64. The second-order valence-electron chi connectivity index (χ2n) is 3.02. The molecule has 0 aromatic heterocycles. The van der Waals surface area contributed by atoms with Crippen LogP contribution in [0.25, 0.3) is 6.08 Å². The molecule has 1 aliphatic heterocycles. The number of hydrogen-bond donors (Lipinski definition) is 2. The topological polar surface area (TPSA) is 81.4 Å². The molecule has 76 valence electrons. The minimum atomic E-state index is -0.754. The molecule has 1 aliphatic rings. The SMILES string of the molecule is Nc1cccc(C=C2OC(=O)NC2=O)c1. The highest BCUT2D eigenvalue weighted by Crippen LogP contribution is 2.14. The van der Waals surface area contributed by atoms with Gasteiger partial charge in [0.2, 0.25) is 0 Å². The summed E-state index contributed by atoms with van der Waals surface area (Å²) in [6.45, 7) is 0. The van der Waals surface area contributed by atoms with Crippen LogP contribution in [-0.2, 0) is 9.53 Å². The zero-order valence-electron chi connectivity index (χ0n) is 7.69. The second-order valence-corrected chi connectivity index (χ2v) is 3.02. The monoisotopic (exact) mass is 204 g/mol. The number of hydrogen-bond acceptors (Lipinski definition) is 4. The van der Waals surface area contributed by atoms with Gasteiger partial charge in [-0.3, -0.25) is 10.1 Å². The Morgan fingerprint density at radius 2 is 2.13 bits per heavy atom. The molecular weight excluding hydrogens is 196 g/mol. The van der Waals surface area contributed by atoms with Crippen molar-refractivity contribution in [3.63, 3.8) is 0 Å². The number of rotatable bonds is 1. The number of carbonyl (C=O) groups is 2. The van der Waals surface area contributed by atoms with Crippen LogP contribution < -0.4 is 11.1 Å². The van der Waals surface area contributed by atoms with E-state index in [0.29, 0.717) is 11.3 Å². The van der Waals surface area contributed by atoms with E-state index in [2.05, 4.69) is 4.74 Å². The van der Waals surface area contributed by atoms with Crippen molar-refractivity contribution in [2.45, 2.75) is 0 Å². The molecule has 1 saturated heterocycles. The van der Waals surface area contributed by atoms with Crippen molar-refractivity contribution in [3.05, 3.63) is 35.6 Å². The Balaban J connectivity index is 2.31. The van der Waals surface area contributed by atoms with Gasteiger partial charge in [-0.05, 0) is 23.8 Å². The predicted molar refractivity (Wildman–Crippen MR) is 53.5 cm³/mol. The molecule has 0 atom stereocenters. The summed E-state index contributed by atoms with van der Waals surface area (Å²) in [5.41, 5.74) is 6.84. The lowest BCUT2D eigenvalue weighted by Gasteiger charge is -1.96. The van der Waals surface area contributed by atoms with E-state index in [1.165, 1.54) is 6.08 Å². The number of imide groups is 1. The Labute approximate surface area is 85.5 Å². The lowest BCUT2D eigenvalue weighted by atomic mass is 10.2. The minimum absolute atomic E-state index is 0.0226. The molecule has 0 aliphatic carbocycles. The van der Waals surface area contributed by atoms with Gasteiger partial charge < -0.3 is 10.5 Å². The summed E-state index contributed by atoms with van der Waals surface area (Å²) in [5, 5.41) is 2.00. The quantitative estimate of drug-likeness (QED) is 0.525. The molecular formula is C10H8N2O3. The van der Waals surface area contributed by atoms with Crippen molar-refractivity contribution >= 4 is 23.8 Å². The lowest BCUT2D eigenvalue weighted by Crippen LogP contribution is -2.18. The summed E-state index contributed by atoms with van der Waals surface area (Å²) in [5.74, 6) is -0.562. The first-order valence-electron chi connectivity index (χ1n) is 4.25. The Hall–Kier alpha value is -2.30. The van der Waals surface area contributed by atoms with Crippen LogP contribution in [0.15, 0.2) is 30.0 Å². The average Bonchev–Trinajstić information content (AvgIpc) is 2.45. The largest absolute Gasteiger partial charge is 0.419 e. The van der Waals surface area contributed by atoms with Crippen LogP contribution in [0.3, 0.4) is 0 Å². The number of alkyl carbamates (subject to hydrolysis) is 1. The predicted octanol–water partition coefficient (Wildman–Crippen LogP) is 0.876. The van der Waals surface area contributed by atoms with Crippen LogP contribution in [0, 0.1) is 0 Å². The Kier molecular flexibility index (Phi) is 2.13. The Morgan fingerprint density at radius 1 is 1.33 bits per heavy atom. The van der Waals surface area contributed by atoms with Gasteiger partial charge in [0.1, 0.15) is 0 Å². The van der Waals surface area contributed by atoms with E-state index in [4.69, 9.17) is 5.73 Å². The minimum Gasteiger partial charge on any atom is -0.404 e. The lowest BCUT2D eigenvalue weighted by molar-refractivity contribution is -0.116. The van der Waals surface area contributed by atoms with E-state index in [9.17, 15) is 9.59 Å². The number of benzene rings is 1. The maximum absolute atomic E-state index is 11.1. The molecule has 1 fully saturated rings. The van der Waals surface area contributed by atoms with Gasteiger partial charge in [0.15, 0.2) is 5.76 Å². The second kappa shape index (κ2) is 3.45. The molecule has 2 amide bonds. The van der Waals surface area contributed by atoms with Crippen molar-refractivity contribution in [1.29, 1.82) is 0 Å². The van der Waals surface area contributed by atoms with Gasteiger partial charge in [-0.25, -0.2) is 4.79 Å². The fourth-order valence-electron chi connectivity index (χ4n) is 1.22. The fraction of sp³-hybridized carbons (Fsp3) is 0. The summed E-state index contributed by atoms with van der Waals surface area (Å²) >= 11 is 0. The first-order valence-corrected chi connectivity index (χ1v) is 4.25. The molecule has 1 aromatic rings. The van der Waals surface area contributed by atoms with Gasteiger partial charge >= 0.3 is 6.09 Å². The molecule has 0 radical (unpaired) electrons. The van der Waals surface area contributed by atoms with Gasteiger partial charge in [-0.1, -0.05) is 12.1 Å². The number of nitrogens with one attached hydrogen (secondary N) is 1. The number of anilines is 1. The molecule has 0 saturated carbocycles. The van der Waals surface area contributed by atoms with Crippen molar-refractivity contribution < 1.29 is 14.3 Å². The van der Waals surface area contributed by atoms with Gasteiger partial charge in [0.25, 0.3) is 5.91 Å². The third kappa shape index (κ3) is 1.96. The molecule has 1 aromatic carbocycles. The number of carbonyl (C=O) groups excluding carboxylic acids is 2. The Morgan fingerprint density at radius 3 is 2.73 bits per heavy atom. The smallest absolute Gasteiger partial charge is 0.404 e. The molecule has 5 heteroatoms. The standard InChI is InChI=1S/C10H8N2O3/c11-7-3-1-2-6(4-7)5-8-9(13)12-10(14)15-8/h1-5H,11H2,(H,12,13,14). The number of cyclic esters (lactones) is 1. The third-order valence-electron chi connectivity index (χ3n) is 1.85. The molecule has 0 unspecified atom stereocenters. The number of ether oxygens (including phenoxy) is 1. The van der Waals surface area contributed by atoms with Gasteiger partial charge in [0, 0.05) is 5.69 Å². The highest BCUT2D eigenvalue weighted by Gasteiger charge is 2.25. The van der Waals surface area contributed by atoms with E-state index < -0.39 is 12.0 Å². The highest BCUT2D eigenvalue weighted by molar-refractivity contribution is 6.09. The van der Waals surface area contributed by atoms with E-state index in [1.807, 2.05) is 5.32 Å². The first kappa shape index (κ1) is 9.26. The summed E-state index contributed by atoms with van der Waals surface area (Å²) in [6, 6.07) is 6.90. The van der Waals surface area contributed by atoms with Crippen LogP contribution in [0.2, 0.25) is 0 Å². The van der Waals surface area contributed by atoms with Crippen LogP contribution in [0.1, 0.15) is 5.56 Å². The van der Waals surface area contributed by atoms with Gasteiger partial charge in [-0.2, -0.15) is 0 Å². The van der Waals surface area contributed by atoms with Crippen molar-refractivity contribution in [1.82, 2.24) is 5.32 Å². The number of amides is 2. The highest BCUT2D eigenvalue weighted by atomic mass is 16.6. The van der Waals surface area contributed by atoms with Crippen LogP contribution in [0.5, 0.6) is 0 Å². The van der Waals surface area contributed by atoms with E-state index in [0.717, 1.165) is 0 Å². The Bertz CT molecular complexity index is 465. The molecule has 3 N–H and O–H groups in total. The molecule has 0 spiro atoms. The zero-order chi connectivity index (χ0) is 10.8. The number of nitrogens with two attached hydrogens (primary N) is 1. The van der Waals surface area contributed by atoms with Gasteiger partial charge in [0.05, 0.1) is 0 Å². The van der Waals surface area contributed by atoms with Crippen molar-refractivity contribution in [2.75, 3.05) is 5.73 Å². The normalized spacial score (nSPS) is 17.7. The molecule has 15 heavy (non-hydrogen) atoms. The molecule has 5 nitrogen and oxygen atoms in total. The van der Waals surface area contributed by atoms with E-state index in [-0.39, 0.29) is 5.76 Å². The molecule has 0 bridgehead atoms. The fourth-order valence-corrected chi connectivity index (χ4v) is 1.22.